The van der Waals surface area contributed by atoms with Gasteiger partial charge in [-0.1, -0.05) is 12.1 Å². The molecule has 6 heteroatoms. The van der Waals surface area contributed by atoms with Crippen LogP contribution in [0.5, 0.6) is 5.75 Å². The average molecular weight is 226 g/mol. The van der Waals surface area contributed by atoms with Gasteiger partial charge in [-0.05, 0) is 12.1 Å². The molecule has 1 aromatic carbocycles. The van der Waals surface area contributed by atoms with Crippen molar-refractivity contribution in [1.82, 2.24) is 0 Å². The number of sulfonamides is 1. The number of hydrogen-bond acceptors (Lipinski definition) is 3. The molecule has 0 saturated heterocycles. The maximum absolute atomic E-state index is 10.9. The molecule has 1 rings (SSSR count). The van der Waals surface area contributed by atoms with Gasteiger partial charge in [0.05, 0.1) is 7.11 Å². The zero-order chi connectivity index (χ0) is 9.19. The summed E-state index contributed by atoms with van der Waals surface area (Å²) in [5.41, 5.74) is 0. The van der Waals surface area contributed by atoms with Gasteiger partial charge in [-0.15, -0.1) is 0 Å². The first-order valence-corrected chi connectivity index (χ1v) is 4.76. The number of primary sulfonamides is 1. The maximum atomic E-state index is 10.9. The molecule has 0 unspecified atom stereocenters. The number of hydrogen-bond donors (Lipinski definition) is 1. The number of ether oxygens (including phenoxy) is 1. The maximum Gasteiger partial charge on any atom is 0.241 e. The van der Waals surface area contributed by atoms with Gasteiger partial charge in [0, 0.05) is 51.4 Å². The van der Waals surface area contributed by atoms with Gasteiger partial charge in [-0.25, -0.2) is 13.6 Å². The van der Waals surface area contributed by atoms with Crippen LogP contribution in [0.4, 0.5) is 0 Å². The van der Waals surface area contributed by atoms with E-state index in [-0.39, 0.29) is 62.0 Å². The molecule has 0 aliphatic rings. The van der Waals surface area contributed by atoms with Crippen LogP contribution in [0.1, 0.15) is 0 Å². The number of benzene rings is 1. The van der Waals surface area contributed by atoms with Gasteiger partial charge >= 0.3 is 0 Å². The van der Waals surface area contributed by atoms with Crippen molar-refractivity contribution in [3.05, 3.63) is 24.3 Å². The van der Waals surface area contributed by atoms with E-state index < -0.39 is 10.0 Å². The normalized spacial score (nSPS) is 10.3. The molecule has 0 spiro atoms. The molecule has 1 radical (unpaired) electrons. The van der Waals surface area contributed by atoms with E-state index in [2.05, 4.69) is 0 Å². The quantitative estimate of drug-likeness (QED) is 0.719. The Kier molecular flexibility index (Phi) is 5.69. The summed E-state index contributed by atoms with van der Waals surface area (Å²) in [6, 6.07) is 6.20. The van der Waals surface area contributed by atoms with Crippen LogP contribution in [0.25, 0.3) is 0 Å². The Hall–Kier alpha value is 0.566. The Morgan fingerprint density at radius 2 is 1.85 bits per heavy atom. The summed E-state index contributed by atoms with van der Waals surface area (Å²) in [5, 5.41) is 4.93. The van der Waals surface area contributed by atoms with Gasteiger partial charge in [0.1, 0.15) is 10.6 Å². The zero-order valence-corrected chi connectivity index (χ0v) is 11.5. The summed E-state index contributed by atoms with van der Waals surface area (Å²) in [6.45, 7) is 0. The van der Waals surface area contributed by atoms with Crippen LogP contribution in [0.15, 0.2) is 29.2 Å². The van der Waals surface area contributed by atoms with E-state index in [0.717, 1.165) is 0 Å². The largest absolute Gasteiger partial charge is 0.495 e. The molecule has 0 saturated carbocycles. The van der Waals surface area contributed by atoms with Crippen molar-refractivity contribution >= 4 is 61.4 Å². The van der Waals surface area contributed by atoms with Crippen LogP contribution in [0, 0.1) is 0 Å². The molecule has 0 aromatic heterocycles. The minimum absolute atomic E-state index is 0. The molecule has 0 heterocycles. The van der Waals surface area contributed by atoms with Crippen LogP contribution in [-0.2, 0) is 10.0 Å². The number of para-hydroxylation sites is 1. The van der Waals surface area contributed by atoms with Crippen LogP contribution >= 0.6 is 0 Å². The first kappa shape index (κ1) is 13.6. The molecule has 0 bridgehead atoms. The fourth-order valence-corrected chi connectivity index (χ4v) is 1.55. The molecular formula is C7H9KNO3S. The third-order valence-electron chi connectivity index (χ3n) is 1.38. The number of methoxy groups -OCH3 is 1. The van der Waals surface area contributed by atoms with Gasteiger partial charge in [0.15, 0.2) is 0 Å². The second kappa shape index (κ2) is 5.45. The van der Waals surface area contributed by atoms with Gasteiger partial charge in [-0.2, -0.15) is 0 Å². The number of nitrogens with two attached hydrogens (primary N) is 1. The monoisotopic (exact) mass is 226 g/mol. The molecule has 67 valence electrons. The van der Waals surface area contributed by atoms with Crippen molar-refractivity contribution in [2.45, 2.75) is 4.90 Å². The predicted octanol–water partition coefficient (Wildman–Crippen LogP) is -0.0382. The molecule has 0 aliphatic heterocycles. The summed E-state index contributed by atoms with van der Waals surface area (Å²) < 4.78 is 26.6. The molecule has 0 amide bonds. The third kappa shape index (κ3) is 3.66. The van der Waals surface area contributed by atoms with E-state index >= 15 is 0 Å². The summed E-state index contributed by atoms with van der Waals surface area (Å²) in [4.78, 5) is 0.00694. The number of rotatable bonds is 2. The van der Waals surface area contributed by atoms with Crippen molar-refractivity contribution in [2.24, 2.45) is 5.14 Å². The SMILES string of the molecule is COc1ccccc1S(N)(=O)=O.[K]. The standard InChI is InChI=1S/C7H9NO3S.K/c1-11-6-4-2-3-5-7(6)12(8,9)10;/h2-5H,1H3,(H2,8,9,10);. The van der Waals surface area contributed by atoms with Crippen molar-refractivity contribution in [3.8, 4) is 5.75 Å². The zero-order valence-electron chi connectivity index (χ0n) is 7.52. The summed E-state index contributed by atoms with van der Waals surface area (Å²) >= 11 is 0. The fourth-order valence-electron chi connectivity index (χ4n) is 0.854. The minimum Gasteiger partial charge on any atom is -0.495 e. The molecule has 2 N–H and O–H groups in total. The summed E-state index contributed by atoms with van der Waals surface area (Å²) in [7, 11) is -2.28. The van der Waals surface area contributed by atoms with E-state index in [4.69, 9.17) is 9.88 Å². The van der Waals surface area contributed by atoms with E-state index in [1.54, 1.807) is 18.2 Å². The van der Waals surface area contributed by atoms with Crippen molar-refractivity contribution in [3.63, 3.8) is 0 Å². The predicted molar refractivity (Wildman–Crippen MR) is 50.1 cm³/mol. The Bertz CT molecular complexity index is 377. The minimum atomic E-state index is -3.67. The van der Waals surface area contributed by atoms with Crippen LogP contribution in [0.3, 0.4) is 0 Å². The molecule has 0 aliphatic carbocycles. The first-order chi connectivity index (χ1) is 5.55. The molecule has 13 heavy (non-hydrogen) atoms. The second-order valence-electron chi connectivity index (χ2n) is 2.20. The average Bonchev–Trinajstić information content (AvgIpc) is 2.03. The van der Waals surface area contributed by atoms with Gasteiger partial charge in [0.2, 0.25) is 10.0 Å². The van der Waals surface area contributed by atoms with E-state index in [9.17, 15) is 8.42 Å². The van der Waals surface area contributed by atoms with Crippen molar-refractivity contribution in [2.75, 3.05) is 7.11 Å². The molecule has 4 nitrogen and oxygen atoms in total. The Labute approximate surface area is 120 Å². The summed E-state index contributed by atoms with van der Waals surface area (Å²) in [5.74, 6) is 0.264. The summed E-state index contributed by atoms with van der Waals surface area (Å²) in [6.07, 6.45) is 0. The first-order valence-electron chi connectivity index (χ1n) is 3.21. The van der Waals surface area contributed by atoms with Crippen LogP contribution in [-0.4, -0.2) is 66.9 Å². The molecule has 0 atom stereocenters. The molecular weight excluding hydrogens is 217 g/mol. The Balaban J connectivity index is 0.00000144. The smallest absolute Gasteiger partial charge is 0.241 e. The van der Waals surface area contributed by atoms with Gasteiger partial charge in [-0.3, -0.25) is 0 Å². The topological polar surface area (TPSA) is 69.4 Å². The van der Waals surface area contributed by atoms with Gasteiger partial charge < -0.3 is 4.74 Å². The van der Waals surface area contributed by atoms with Crippen LogP contribution in [0.2, 0.25) is 0 Å². The molecule has 0 fully saturated rings. The van der Waals surface area contributed by atoms with Gasteiger partial charge in [0.25, 0.3) is 0 Å². The van der Waals surface area contributed by atoms with E-state index in [1.807, 2.05) is 0 Å². The Morgan fingerprint density at radius 1 is 1.31 bits per heavy atom. The second-order valence-corrected chi connectivity index (χ2v) is 3.73. The third-order valence-corrected chi connectivity index (χ3v) is 2.33. The fraction of sp³-hybridized carbons (Fsp3) is 0.143. The van der Waals surface area contributed by atoms with Crippen molar-refractivity contribution < 1.29 is 13.2 Å². The van der Waals surface area contributed by atoms with E-state index in [1.165, 1.54) is 13.2 Å². The Morgan fingerprint density at radius 3 is 2.23 bits per heavy atom. The van der Waals surface area contributed by atoms with Crippen molar-refractivity contribution in [1.29, 1.82) is 0 Å². The molecule has 1 aromatic rings. The van der Waals surface area contributed by atoms with Crippen LogP contribution < -0.4 is 9.88 Å². The van der Waals surface area contributed by atoms with E-state index in [0.29, 0.717) is 0 Å².